The van der Waals surface area contributed by atoms with Crippen LogP contribution < -0.4 is 4.72 Å². The summed E-state index contributed by atoms with van der Waals surface area (Å²) in [5.74, 6) is -1.11. The van der Waals surface area contributed by atoms with Crippen LogP contribution in [0.5, 0.6) is 0 Å². The van der Waals surface area contributed by atoms with Gasteiger partial charge in [0.1, 0.15) is 6.04 Å². The minimum atomic E-state index is -3.84. The van der Waals surface area contributed by atoms with Crippen LogP contribution in [0, 0.1) is 5.92 Å². The lowest BCUT2D eigenvalue weighted by Gasteiger charge is -2.21. The van der Waals surface area contributed by atoms with Crippen LogP contribution in [0.4, 0.5) is 0 Å². The molecule has 0 aromatic heterocycles. The maximum atomic E-state index is 11.8. The van der Waals surface area contributed by atoms with Crippen molar-refractivity contribution >= 4 is 16.2 Å². The van der Waals surface area contributed by atoms with Crippen molar-refractivity contribution in [2.75, 3.05) is 13.1 Å². The van der Waals surface area contributed by atoms with Gasteiger partial charge in [0.25, 0.3) is 10.2 Å². The van der Waals surface area contributed by atoms with E-state index in [1.807, 2.05) is 13.8 Å². The minimum absolute atomic E-state index is 0.0715. The van der Waals surface area contributed by atoms with E-state index < -0.39 is 28.3 Å². The monoisotopic (exact) mass is 266 g/mol. The zero-order chi connectivity index (χ0) is 13.2. The average Bonchev–Trinajstić information content (AvgIpc) is 2.58. The second-order valence-corrected chi connectivity index (χ2v) is 6.27. The van der Waals surface area contributed by atoms with Gasteiger partial charge in [0, 0.05) is 19.5 Å². The SMILES string of the molecule is CC(C)CNS(=O)(=O)N1C[C@H](O)C[C@H]1C(=O)O. The number of nitrogens with zero attached hydrogens (tertiary/aromatic N) is 1. The smallest absolute Gasteiger partial charge is 0.322 e. The van der Waals surface area contributed by atoms with Crippen molar-refractivity contribution in [3.05, 3.63) is 0 Å². The Kier molecular flexibility index (Phi) is 4.48. The summed E-state index contributed by atoms with van der Waals surface area (Å²) in [6.45, 7) is 3.75. The normalized spacial score (nSPS) is 26.6. The third kappa shape index (κ3) is 3.63. The summed E-state index contributed by atoms with van der Waals surface area (Å²) in [7, 11) is -3.84. The van der Waals surface area contributed by atoms with Crippen molar-refractivity contribution in [3.8, 4) is 0 Å². The number of β-amino-alcohol motifs (C(OH)–C–C–N with tert-alkyl or cyclic N) is 1. The highest BCUT2D eigenvalue weighted by Gasteiger charge is 2.42. The lowest BCUT2D eigenvalue weighted by atomic mass is 10.2. The van der Waals surface area contributed by atoms with Crippen LogP contribution in [-0.2, 0) is 15.0 Å². The molecule has 17 heavy (non-hydrogen) atoms. The summed E-state index contributed by atoms with van der Waals surface area (Å²) in [6.07, 6.45) is -0.996. The number of aliphatic hydroxyl groups is 1. The molecule has 1 fully saturated rings. The first-order valence-electron chi connectivity index (χ1n) is 5.41. The van der Waals surface area contributed by atoms with Crippen molar-refractivity contribution in [2.24, 2.45) is 5.92 Å². The van der Waals surface area contributed by atoms with Gasteiger partial charge in [-0.05, 0) is 5.92 Å². The van der Waals surface area contributed by atoms with E-state index in [9.17, 15) is 18.3 Å². The van der Waals surface area contributed by atoms with Gasteiger partial charge in [0.15, 0.2) is 0 Å². The Labute approximate surface area is 101 Å². The fraction of sp³-hybridized carbons (Fsp3) is 0.889. The third-order valence-electron chi connectivity index (χ3n) is 2.50. The molecule has 1 saturated heterocycles. The molecule has 0 saturated carbocycles. The highest BCUT2D eigenvalue weighted by atomic mass is 32.2. The van der Waals surface area contributed by atoms with E-state index in [1.165, 1.54) is 0 Å². The number of carboxylic acids is 1. The highest BCUT2D eigenvalue weighted by Crippen LogP contribution is 2.21. The van der Waals surface area contributed by atoms with E-state index >= 15 is 0 Å². The van der Waals surface area contributed by atoms with Gasteiger partial charge in [-0.15, -0.1) is 0 Å². The van der Waals surface area contributed by atoms with E-state index in [0.717, 1.165) is 4.31 Å². The fourth-order valence-electron chi connectivity index (χ4n) is 1.63. The van der Waals surface area contributed by atoms with Gasteiger partial charge in [-0.3, -0.25) is 4.79 Å². The standard InChI is InChI=1S/C9H18N2O5S/c1-6(2)4-10-17(15,16)11-5-7(12)3-8(11)9(13)14/h6-8,10,12H,3-5H2,1-2H3,(H,13,14)/t7-,8+/m1/s1. The Bertz CT molecular complexity index is 381. The van der Waals surface area contributed by atoms with Crippen LogP contribution in [0.1, 0.15) is 20.3 Å². The van der Waals surface area contributed by atoms with Crippen molar-refractivity contribution < 1.29 is 23.4 Å². The second-order valence-electron chi connectivity index (χ2n) is 4.56. The molecule has 8 heteroatoms. The molecule has 7 nitrogen and oxygen atoms in total. The van der Waals surface area contributed by atoms with Crippen molar-refractivity contribution in [2.45, 2.75) is 32.4 Å². The Hall–Kier alpha value is -0.700. The fourth-order valence-corrected chi connectivity index (χ4v) is 3.22. The van der Waals surface area contributed by atoms with E-state index in [4.69, 9.17) is 5.11 Å². The molecule has 2 atom stereocenters. The van der Waals surface area contributed by atoms with Gasteiger partial charge < -0.3 is 10.2 Å². The molecular formula is C9H18N2O5S. The van der Waals surface area contributed by atoms with Crippen LogP contribution in [0.2, 0.25) is 0 Å². The van der Waals surface area contributed by atoms with Gasteiger partial charge in [0.05, 0.1) is 6.10 Å². The molecular weight excluding hydrogens is 248 g/mol. The summed E-state index contributed by atoms with van der Waals surface area (Å²) in [6, 6.07) is -1.19. The Morgan fingerprint density at radius 2 is 2.12 bits per heavy atom. The molecule has 100 valence electrons. The van der Waals surface area contributed by atoms with Crippen LogP contribution in [0.3, 0.4) is 0 Å². The first-order valence-corrected chi connectivity index (χ1v) is 6.85. The topological polar surface area (TPSA) is 107 Å². The van der Waals surface area contributed by atoms with Crippen LogP contribution >= 0.6 is 0 Å². The summed E-state index contributed by atoms with van der Waals surface area (Å²) < 4.78 is 26.8. The number of aliphatic hydroxyl groups excluding tert-OH is 1. The zero-order valence-corrected chi connectivity index (χ0v) is 10.6. The van der Waals surface area contributed by atoms with Crippen LogP contribution in [-0.4, -0.2) is 54.1 Å². The molecule has 1 aliphatic rings. The predicted octanol–water partition coefficient (Wildman–Crippen LogP) is -1.00. The number of hydrogen-bond donors (Lipinski definition) is 3. The quantitative estimate of drug-likeness (QED) is 0.591. The van der Waals surface area contributed by atoms with Crippen molar-refractivity contribution in [1.29, 1.82) is 0 Å². The number of rotatable bonds is 5. The summed E-state index contributed by atoms with van der Waals surface area (Å²) in [5, 5.41) is 18.3. The number of nitrogens with one attached hydrogen (secondary N) is 1. The van der Waals surface area contributed by atoms with Crippen molar-refractivity contribution in [3.63, 3.8) is 0 Å². The van der Waals surface area contributed by atoms with Gasteiger partial charge in [-0.2, -0.15) is 12.7 Å². The van der Waals surface area contributed by atoms with Gasteiger partial charge >= 0.3 is 5.97 Å². The van der Waals surface area contributed by atoms with Gasteiger partial charge in [-0.1, -0.05) is 13.8 Å². The lowest BCUT2D eigenvalue weighted by molar-refractivity contribution is -0.140. The zero-order valence-electron chi connectivity index (χ0n) is 9.83. The maximum Gasteiger partial charge on any atom is 0.322 e. The summed E-state index contributed by atoms with van der Waals surface area (Å²) in [4.78, 5) is 10.9. The number of aliphatic carboxylic acids is 1. The summed E-state index contributed by atoms with van der Waals surface area (Å²) >= 11 is 0. The number of carbonyl (C=O) groups is 1. The molecule has 1 heterocycles. The van der Waals surface area contributed by atoms with Crippen LogP contribution in [0.25, 0.3) is 0 Å². The Morgan fingerprint density at radius 3 is 2.59 bits per heavy atom. The predicted molar refractivity (Wildman–Crippen MR) is 60.5 cm³/mol. The molecule has 0 spiro atoms. The molecule has 3 N–H and O–H groups in total. The van der Waals surface area contributed by atoms with Gasteiger partial charge in [0.2, 0.25) is 0 Å². The third-order valence-corrected chi connectivity index (χ3v) is 4.05. The second kappa shape index (κ2) is 5.30. The molecule has 1 rings (SSSR count). The maximum absolute atomic E-state index is 11.8. The molecule has 1 aliphatic heterocycles. The Balaban J connectivity index is 2.79. The number of hydrogen-bond acceptors (Lipinski definition) is 4. The Morgan fingerprint density at radius 1 is 1.53 bits per heavy atom. The average molecular weight is 266 g/mol. The summed E-state index contributed by atoms with van der Waals surface area (Å²) in [5.41, 5.74) is 0. The first-order chi connectivity index (χ1) is 7.74. The van der Waals surface area contributed by atoms with Gasteiger partial charge in [-0.25, -0.2) is 4.72 Å². The van der Waals surface area contributed by atoms with E-state index in [2.05, 4.69) is 4.72 Å². The molecule has 0 aliphatic carbocycles. The minimum Gasteiger partial charge on any atom is -0.480 e. The molecule has 0 aromatic carbocycles. The molecule has 0 aromatic rings. The molecule has 0 radical (unpaired) electrons. The van der Waals surface area contributed by atoms with E-state index in [1.54, 1.807) is 0 Å². The molecule has 0 unspecified atom stereocenters. The number of carboxylic acid groups (broad SMARTS) is 1. The van der Waals surface area contributed by atoms with E-state index in [0.29, 0.717) is 0 Å². The van der Waals surface area contributed by atoms with Crippen LogP contribution in [0.15, 0.2) is 0 Å². The molecule has 0 amide bonds. The van der Waals surface area contributed by atoms with Crippen molar-refractivity contribution in [1.82, 2.24) is 9.03 Å². The lowest BCUT2D eigenvalue weighted by Crippen LogP contribution is -2.47. The first kappa shape index (κ1) is 14.4. The highest BCUT2D eigenvalue weighted by molar-refractivity contribution is 7.87. The largest absolute Gasteiger partial charge is 0.480 e. The molecule has 0 bridgehead atoms. The van der Waals surface area contributed by atoms with E-state index in [-0.39, 0.29) is 25.4 Å².